The molecule has 0 aromatic heterocycles. The Hall–Kier alpha value is 1.07. The third-order valence-corrected chi connectivity index (χ3v) is 0. The van der Waals surface area contributed by atoms with Crippen LogP contribution in [0.5, 0.6) is 0 Å². The molecule has 0 aliphatic carbocycles. The van der Waals surface area contributed by atoms with Crippen molar-refractivity contribution < 1.29 is 3.84 Å². The van der Waals surface area contributed by atoms with E-state index >= 15 is 0 Å². The van der Waals surface area contributed by atoms with E-state index in [0.29, 0.717) is 0 Å². The van der Waals surface area contributed by atoms with E-state index in [-0.39, 0.29) is 17.4 Å². The Morgan fingerprint density at radius 2 is 1.25 bits per heavy atom. The zero-order chi connectivity index (χ0) is 2.71. The third-order valence-electron chi connectivity index (χ3n) is 0. The van der Waals surface area contributed by atoms with E-state index in [9.17, 15) is 0 Å². The molecule has 1 nitrogen and oxygen atoms in total. The molecule has 0 rings (SSSR count). The Bertz CT molecular complexity index is 6.00. The van der Waals surface area contributed by atoms with Crippen molar-refractivity contribution in [2.75, 3.05) is 0 Å². The van der Waals surface area contributed by atoms with Crippen LogP contribution in [-0.2, 0) is 3.84 Å². The number of halogens is 2. The summed E-state index contributed by atoms with van der Waals surface area (Å²) >= 11 is 8.53. The standard InChI is InChI=1S/Al.Cl2O/c;1-3-2. The molecule has 0 fully saturated rings. The fraction of sp³-hybridized carbons (Fsp3) is 0. The van der Waals surface area contributed by atoms with Gasteiger partial charge < -0.3 is 0 Å². The van der Waals surface area contributed by atoms with E-state index in [4.69, 9.17) is 0 Å². The number of hydrogen-bond donors (Lipinski definition) is 0. The Morgan fingerprint density at radius 1 is 1.25 bits per heavy atom. The lowest BCUT2D eigenvalue weighted by molar-refractivity contribution is 0.697. The topological polar surface area (TPSA) is 9.23 Å². The molecule has 0 aliphatic rings. The second kappa shape index (κ2) is 8.95. The second-order valence-corrected chi connectivity index (χ2v) is 0.525. The maximum atomic E-state index is 4.26. The fourth-order valence-corrected chi connectivity index (χ4v) is 0. The molecule has 0 aromatic carbocycles. The van der Waals surface area contributed by atoms with Crippen molar-refractivity contribution >= 4 is 41.1 Å². The lowest BCUT2D eigenvalue weighted by atomic mass is 15.9. The predicted molar refractivity (Wildman–Crippen MR) is 18.5 cm³/mol. The predicted octanol–water partition coefficient (Wildman–Crippen LogP) is 0.930. The van der Waals surface area contributed by atoms with Crippen LogP contribution in [0.15, 0.2) is 0 Å². The van der Waals surface area contributed by atoms with Crippen LogP contribution in [0.2, 0.25) is 0 Å². The Kier molecular flexibility index (Phi) is 19.9. The molecule has 0 amide bonds. The molecule has 0 heterocycles. The highest BCUT2D eigenvalue weighted by Crippen LogP contribution is 1.78. The SMILES string of the molecule is ClOCl.[Al]. The summed E-state index contributed by atoms with van der Waals surface area (Å²) < 4.78 is 3.19. The summed E-state index contributed by atoms with van der Waals surface area (Å²) in [5.74, 6) is 0. The summed E-state index contributed by atoms with van der Waals surface area (Å²) in [6.07, 6.45) is 0. The van der Waals surface area contributed by atoms with E-state index in [1.165, 1.54) is 0 Å². The first kappa shape index (κ1) is 8.91. The minimum atomic E-state index is 0. The van der Waals surface area contributed by atoms with Gasteiger partial charge >= 0.3 is 0 Å². The summed E-state index contributed by atoms with van der Waals surface area (Å²) in [5, 5.41) is 0. The van der Waals surface area contributed by atoms with Crippen LogP contribution in [-0.4, -0.2) is 17.4 Å². The average molecular weight is 114 g/mol. The highest BCUT2D eigenvalue weighted by molar-refractivity contribution is 6.24. The van der Waals surface area contributed by atoms with Gasteiger partial charge in [0.25, 0.3) is 0 Å². The zero-order valence-corrected chi connectivity index (χ0v) is 4.41. The van der Waals surface area contributed by atoms with Crippen molar-refractivity contribution in [3.8, 4) is 0 Å². The largest absolute Gasteiger partial charge is 0.166 e. The van der Waals surface area contributed by atoms with Crippen LogP contribution in [0.25, 0.3) is 0 Å². The van der Waals surface area contributed by atoms with E-state index in [1.807, 2.05) is 0 Å². The summed E-state index contributed by atoms with van der Waals surface area (Å²) in [4.78, 5) is 0. The molecule has 0 bridgehead atoms. The summed E-state index contributed by atoms with van der Waals surface area (Å²) in [7, 11) is 0. The van der Waals surface area contributed by atoms with Crippen LogP contribution in [0, 0.1) is 0 Å². The van der Waals surface area contributed by atoms with Gasteiger partial charge in [-0.1, -0.05) is 0 Å². The third kappa shape index (κ3) is 11.5. The molecule has 4 heavy (non-hydrogen) atoms. The highest BCUT2D eigenvalue weighted by Gasteiger charge is 1.38. The van der Waals surface area contributed by atoms with Crippen LogP contribution in [0.3, 0.4) is 0 Å². The van der Waals surface area contributed by atoms with Crippen molar-refractivity contribution in [2.45, 2.75) is 0 Å². The van der Waals surface area contributed by atoms with Gasteiger partial charge in [-0.15, -0.1) is 0 Å². The lowest BCUT2D eigenvalue weighted by Gasteiger charge is -1.46. The van der Waals surface area contributed by atoms with Gasteiger partial charge in [0.05, 0.1) is 23.7 Å². The average Bonchev–Trinajstić information content (AvgIpc) is 0.918. The first-order valence-electron chi connectivity index (χ1n) is 0.309. The Labute approximate surface area is 45.3 Å². The molecular formula is AlCl2O. The summed E-state index contributed by atoms with van der Waals surface area (Å²) in [5.41, 5.74) is 0. The molecule has 3 radical (unpaired) electrons. The van der Waals surface area contributed by atoms with Gasteiger partial charge in [-0.3, -0.25) is 0 Å². The molecule has 4 heteroatoms. The van der Waals surface area contributed by atoms with Crippen LogP contribution < -0.4 is 0 Å². The van der Waals surface area contributed by atoms with Crippen molar-refractivity contribution in [2.24, 2.45) is 0 Å². The molecule has 23 valence electrons. The van der Waals surface area contributed by atoms with Crippen molar-refractivity contribution in [3.63, 3.8) is 0 Å². The van der Waals surface area contributed by atoms with Crippen LogP contribution in [0.1, 0.15) is 0 Å². The van der Waals surface area contributed by atoms with Crippen LogP contribution in [0.4, 0.5) is 0 Å². The Morgan fingerprint density at radius 3 is 1.25 bits per heavy atom. The van der Waals surface area contributed by atoms with E-state index in [0.717, 1.165) is 0 Å². The second-order valence-electron chi connectivity index (χ2n) is 0.0583. The maximum absolute atomic E-state index is 4.26. The van der Waals surface area contributed by atoms with Gasteiger partial charge in [0.1, 0.15) is 0 Å². The smallest absolute Gasteiger partial charge is 0.0832 e. The summed E-state index contributed by atoms with van der Waals surface area (Å²) in [6.45, 7) is 0. The molecular weight excluding hydrogens is 114 g/mol. The Balaban J connectivity index is 0. The van der Waals surface area contributed by atoms with Crippen molar-refractivity contribution in [1.82, 2.24) is 0 Å². The molecule has 0 atom stereocenters. The maximum Gasteiger partial charge on any atom is 0.0832 e. The van der Waals surface area contributed by atoms with Crippen molar-refractivity contribution in [3.05, 3.63) is 0 Å². The minimum absolute atomic E-state index is 0. The molecule has 0 unspecified atom stereocenters. The van der Waals surface area contributed by atoms with Gasteiger partial charge in [0, 0.05) is 17.4 Å². The van der Waals surface area contributed by atoms with Crippen molar-refractivity contribution in [1.29, 1.82) is 0 Å². The minimum Gasteiger partial charge on any atom is -0.166 e. The number of rotatable bonds is 0. The van der Waals surface area contributed by atoms with E-state index in [2.05, 4.69) is 27.6 Å². The van der Waals surface area contributed by atoms with Gasteiger partial charge in [-0.25, -0.2) is 0 Å². The first-order valence-corrected chi connectivity index (χ1v) is 0.926. The molecule has 0 N–H and O–H groups in total. The highest BCUT2D eigenvalue weighted by atomic mass is 35.6. The van der Waals surface area contributed by atoms with Crippen LogP contribution >= 0.6 is 23.7 Å². The fourth-order valence-electron chi connectivity index (χ4n) is 0. The molecule has 0 spiro atoms. The normalized spacial score (nSPS) is 4.50. The van der Waals surface area contributed by atoms with E-state index < -0.39 is 0 Å². The van der Waals surface area contributed by atoms with Gasteiger partial charge in [-0.05, 0) is 0 Å². The van der Waals surface area contributed by atoms with E-state index in [1.54, 1.807) is 0 Å². The summed E-state index contributed by atoms with van der Waals surface area (Å²) in [6, 6.07) is 0. The lowest BCUT2D eigenvalue weighted by Crippen LogP contribution is -1.15. The molecule has 0 aromatic rings. The van der Waals surface area contributed by atoms with Gasteiger partial charge in [0.2, 0.25) is 0 Å². The molecule has 0 saturated carbocycles. The molecule has 0 aliphatic heterocycles. The number of hydrogen-bond acceptors (Lipinski definition) is 1. The monoisotopic (exact) mass is 113 g/mol. The molecule has 0 saturated heterocycles. The quantitative estimate of drug-likeness (QED) is 0.425. The van der Waals surface area contributed by atoms with Gasteiger partial charge in [0.15, 0.2) is 0 Å². The van der Waals surface area contributed by atoms with Gasteiger partial charge in [-0.2, -0.15) is 3.84 Å². The first-order chi connectivity index (χ1) is 1.41. The zero-order valence-electron chi connectivity index (χ0n) is 1.74.